The molecule has 0 spiro atoms. The van der Waals surface area contributed by atoms with Crippen molar-refractivity contribution in [3.05, 3.63) is 41.5 Å². The highest BCUT2D eigenvalue weighted by molar-refractivity contribution is 8.00. The molecular formula is C16H16N4O3S3. The monoisotopic (exact) mass is 408 g/mol. The standard InChI is InChI=1S/C16H16N4O3S3/c1-2-11-7-13-15(18-9-19-16(13)25-11)24-8-14(21)20-10-4-3-5-12(6-10)26(17,22)23/h3-7,9H,2,8H2,1H3,(H,20,21)(H2,17,22,23). The number of anilines is 1. The molecule has 7 nitrogen and oxygen atoms in total. The molecule has 10 heteroatoms. The Bertz CT molecular complexity index is 1060. The number of sulfonamides is 1. The van der Waals surface area contributed by atoms with Gasteiger partial charge in [-0.1, -0.05) is 24.8 Å². The zero-order valence-corrected chi connectivity index (χ0v) is 16.2. The lowest BCUT2D eigenvalue weighted by Gasteiger charge is -2.06. The number of carbonyl (C=O) groups excluding carboxylic acids is 1. The second kappa shape index (κ2) is 7.70. The Balaban J connectivity index is 1.69. The van der Waals surface area contributed by atoms with E-state index in [1.165, 1.54) is 41.2 Å². The number of thiophene rings is 1. The normalized spacial score (nSPS) is 11.6. The van der Waals surface area contributed by atoms with Crippen molar-refractivity contribution in [2.45, 2.75) is 23.3 Å². The maximum Gasteiger partial charge on any atom is 0.238 e. The number of nitrogens with two attached hydrogens (primary N) is 1. The summed E-state index contributed by atoms with van der Waals surface area (Å²) in [6.07, 6.45) is 2.42. The summed E-state index contributed by atoms with van der Waals surface area (Å²) < 4.78 is 22.8. The van der Waals surface area contributed by atoms with E-state index >= 15 is 0 Å². The van der Waals surface area contributed by atoms with E-state index in [1.54, 1.807) is 17.4 Å². The molecule has 26 heavy (non-hydrogen) atoms. The minimum absolute atomic E-state index is 0.0502. The molecule has 2 heterocycles. The lowest BCUT2D eigenvalue weighted by molar-refractivity contribution is -0.113. The van der Waals surface area contributed by atoms with Crippen molar-refractivity contribution in [2.75, 3.05) is 11.1 Å². The fourth-order valence-corrected chi connectivity index (χ4v) is 4.59. The van der Waals surface area contributed by atoms with Gasteiger partial charge in [0.15, 0.2) is 0 Å². The molecule has 0 saturated carbocycles. The van der Waals surface area contributed by atoms with Crippen LogP contribution in [0.4, 0.5) is 5.69 Å². The van der Waals surface area contributed by atoms with Gasteiger partial charge in [0.05, 0.1) is 10.6 Å². The van der Waals surface area contributed by atoms with Gasteiger partial charge in [0.2, 0.25) is 15.9 Å². The topological polar surface area (TPSA) is 115 Å². The van der Waals surface area contributed by atoms with Crippen molar-refractivity contribution in [3.63, 3.8) is 0 Å². The number of aromatic nitrogens is 2. The lowest BCUT2D eigenvalue weighted by atomic mass is 10.3. The van der Waals surface area contributed by atoms with Crippen LogP contribution >= 0.6 is 23.1 Å². The molecule has 0 unspecified atom stereocenters. The van der Waals surface area contributed by atoms with Gasteiger partial charge in [-0.3, -0.25) is 4.79 Å². The van der Waals surface area contributed by atoms with Gasteiger partial charge in [0.1, 0.15) is 16.2 Å². The summed E-state index contributed by atoms with van der Waals surface area (Å²) in [5, 5.41) is 9.47. The van der Waals surface area contributed by atoms with Crippen LogP contribution < -0.4 is 10.5 Å². The van der Waals surface area contributed by atoms with Crippen LogP contribution in [0.15, 0.2) is 46.6 Å². The number of benzene rings is 1. The van der Waals surface area contributed by atoms with Gasteiger partial charge in [-0.2, -0.15) is 0 Å². The Kier molecular flexibility index (Phi) is 5.56. The van der Waals surface area contributed by atoms with E-state index in [0.29, 0.717) is 5.69 Å². The summed E-state index contributed by atoms with van der Waals surface area (Å²) in [7, 11) is -3.81. The molecule has 0 aliphatic carbocycles. The van der Waals surface area contributed by atoms with Crippen LogP contribution in [-0.4, -0.2) is 30.0 Å². The minimum Gasteiger partial charge on any atom is -0.325 e. The molecule has 3 N–H and O–H groups in total. The molecule has 3 aromatic rings. The molecule has 0 aliphatic rings. The molecule has 1 amide bonds. The molecule has 0 bridgehead atoms. The number of thioether (sulfide) groups is 1. The predicted octanol–water partition coefficient (Wildman–Crippen LogP) is 2.63. The number of carbonyl (C=O) groups is 1. The van der Waals surface area contributed by atoms with Crippen LogP contribution in [-0.2, 0) is 21.2 Å². The SMILES string of the molecule is CCc1cc2c(SCC(=O)Nc3cccc(S(N)(=O)=O)c3)ncnc2s1. The zero-order chi connectivity index (χ0) is 18.7. The number of hydrogen-bond donors (Lipinski definition) is 2. The fraction of sp³-hybridized carbons (Fsp3) is 0.188. The first-order valence-corrected chi connectivity index (χ1v) is 11.0. The Morgan fingerprint density at radius 1 is 1.31 bits per heavy atom. The Hall–Kier alpha value is -2.01. The summed E-state index contributed by atoms with van der Waals surface area (Å²) in [6, 6.07) is 7.88. The molecule has 0 fully saturated rings. The second-order valence-corrected chi connectivity index (χ2v) is 9.01. The number of hydrogen-bond acceptors (Lipinski definition) is 7. The smallest absolute Gasteiger partial charge is 0.238 e. The van der Waals surface area contributed by atoms with Crippen LogP contribution in [0, 0.1) is 0 Å². The van der Waals surface area contributed by atoms with Crippen molar-refractivity contribution in [3.8, 4) is 0 Å². The highest BCUT2D eigenvalue weighted by Crippen LogP contribution is 2.31. The highest BCUT2D eigenvalue weighted by atomic mass is 32.2. The lowest BCUT2D eigenvalue weighted by Crippen LogP contribution is -2.16. The Morgan fingerprint density at radius 2 is 2.12 bits per heavy atom. The molecule has 0 saturated heterocycles. The summed E-state index contributed by atoms with van der Waals surface area (Å²) in [6.45, 7) is 2.08. The van der Waals surface area contributed by atoms with E-state index in [1.807, 2.05) is 0 Å². The van der Waals surface area contributed by atoms with Gasteiger partial charge < -0.3 is 5.32 Å². The number of nitrogens with one attached hydrogen (secondary N) is 1. The summed E-state index contributed by atoms with van der Waals surface area (Å²) >= 11 is 2.93. The zero-order valence-electron chi connectivity index (χ0n) is 13.8. The third-order valence-electron chi connectivity index (χ3n) is 3.48. The van der Waals surface area contributed by atoms with E-state index in [2.05, 4.69) is 28.3 Å². The third-order valence-corrected chi connectivity index (χ3v) is 6.58. The third kappa shape index (κ3) is 4.39. The highest BCUT2D eigenvalue weighted by Gasteiger charge is 2.12. The first kappa shape index (κ1) is 18.8. The van der Waals surface area contributed by atoms with Crippen LogP contribution in [0.1, 0.15) is 11.8 Å². The van der Waals surface area contributed by atoms with E-state index in [4.69, 9.17) is 5.14 Å². The van der Waals surface area contributed by atoms with Gasteiger partial charge >= 0.3 is 0 Å². The van der Waals surface area contributed by atoms with Gasteiger partial charge in [0, 0.05) is 16.0 Å². The van der Waals surface area contributed by atoms with Crippen LogP contribution in [0.5, 0.6) is 0 Å². The number of primary sulfonamides is 1. The van der Waals surface area contributed by atoms with Gasteiger partial charge in [-0.15, -0.1) is 11.3 Å². The van der Waals surface area contributed by atoms with Crippen molar-refractivity contribution < 1.29 is 13.2 Å². The number of rotatable bonds is 6. The van der Waals surface area contributed by atoms with Crippen molar-refractivity contribution in [1.29, 1.82) is 0 Å². The molecule has 0 radical (unpaired) electrons. The summed E-state index contributed by atoms with van der Waals surface area (Å²) in [4.78, 5) is 22.8. The molecule has 3 rings (SSSR count). The number of aryl methyl sites for hydroxylation is 1. The van der Waals surface area contributed by atoms with Crippen LogP contribution in [0.3, 0.4) is 0 Å². The fourth-order valence-electron chi connectivity index (χ4n) is 2.25. The maximum atomic E-state index is 12.2. The average molecular weight is 409 g/mol. The first-order valence-electron chi connectivity index (χ1n) is 7.65. The van der Waals surface area contributed by atoms with E-state index < -0.39 is 10.0 Å². The number of amides is 1. The molecule has 0 atom stereocenters. The van der Waals surface area contributed by atoms with Gasteiger partial charge in [0.25, 0.3) is 0 Å². The average Bonchev–Trinajstić information content (AvgIpc) is 3.03. The number of nitrogens with zero attached hydrogens (tertiary/aromatic N) is 2. The molecule has 1 aromatic carbocycles. The maximum absolute atomic E-state index is 12.2. The molecule has 2 aromatic heterocycles. The summed E-state index contributed by atoms with van der Waals surface area (Å²) in [5.41, 5.74) is 0.374. The number of fused-ring (bicyclic) bond motifs is 1. The van der Waals surface area contributed by atoms with E-state index in [-0.39, 0.29) is 16.6 Å². The molecule has 0 aliphatic heterocycles. The van der Waals surface area contributed by atoms with Gasteiger partial charge in [-0.05, 0) is 30.7 Å². The first-order chi connectivity index (χ1) is 12.4. The van der Waals surface area contributed by atoms with Crippen molar-refractivity contribution in [1.82, 2.24) is 9.97 Å². The predicted molar refractivity (Wildman–Crippen MR) is 104 cm³/mol. The molecular weight excluding hydrogens is 392 g/mol. The Labute approximate surface area is 159 Å². The largest absolute Gasteiger partial charge is 0.325 e. The Morgan fingerprint density at radius 3 is 2.85 bits per heavy atom. The van der Waals surface area contributed by atoms with Crippen molar-refractivity contribution in [2.24, 2.45) is 5.14 Å². The second-order valence-electron chi connectivity index (χ2n) is 5.37. The van der Waals surface area contributed by atoms with Crippen LogP contribution in [0.25, 0.3) is 10.2 Å². The van der Waals surface area contributed by atoms with E-state index in [9.17, 15) is 13.2 Å². The van der Waals surface area contributed by atoms with Gasteiger partial charge in [-0.25, -0.2) is 23.5 Å². The van der Waals surface area contributed by atoms with Crippen LogP contribution in [0.2, 0.25) is 0 Å². The van der Waals surface area contributed by atoms with Crippen molar-refractivity contribution >= 4 is 54.9 Å². The molecule has 136 valence electrons. The summed E-state index contributed by atoms with van der Waals surface area (Å²) in [5.74, 6) is -0.123. The minimum atomic E-state index is -3.81. The van der Waals surface area contributed by atoms with E-state index in [0.717, 1.165) is 21.7 Å². The quantitative estimate of drug-likeness (QED) is 0.479.